The highest BCUT2D eigenvalue weighted by Crippen LogP contribution is 2.12. The molecule has 4 nitrogen and oxygen atoms in total. The van der Waals surface area contributed by atoms with Crippen LogP contribution in [0.25, 0.3) is 0 Å². The number of carbonyl (C=O) groups excluding carboxylic acids is 1. The molecule has 0 spiro atoms. The van der Waals surface area contributed by atoms with Gasteiger partial charge in [-0.3, -0.25) is 10.1 Å². The lowest BCUT2D eigenvalue weighted by Crippen LogP contribution is -2.34. The average molecular weight is 389 g/mol. The fourth-order valence-electron chi connectivity index (χ4n) is 1.23. The number of amides is 1. The van der Waals surface area contributed by atoms with Crippen LogP contribution in [0, 0.1) is 3.57 Å². The summed E-state index contributed by atoms with van der Waals surface area (Å²) in [6, 6.07) is 7.31. The molecule has 0 fully saturated rings. The van der Waals surface area contributed by atoms with Crippen molar-refractivity contribution in [1.82, 2.24) is 10.3 Å². The Hall–Kier alpha value is -1.06. The SMILES string of the molecule is O=C(NC(=S)Nc1nccs1)c1ccccc1I. The second-order valence-electron chi connectivity index (χ2n) is 3.23. The highest BCUT2D eigenvalue weighted by molar-refractivity contribution is 14.1. The van der Waals surface area contributed by atoms with Crippen LogP contribution in [0.15, 0.2) is 35.8 Å². The topological polar surface area (TPSA) is 54.0 Å². The summed E-state index contributed by atoms with van der Waals surface area (Å²) in [5.41, 5.74) is 0.599. The predicted octanol–water partition coefficient (Wildman–Crippen LogP) is 2.87. The van der Waals surface area contributed by atoms with Gasteiger partial charge in [0.2, 0.25) is 0 Å². The standard InChI is InChI=1S/C11H8IN3OS2/c12-8-4-2-1-3-7(8)9(16)14-10(17)15-11-13-5-6-18-11/h1-6H,(H2,13,14,15,16,17). The molecule has 1 aromatic heterocycles. The van der Waals surface area contributed by atoms with E-state index in [1.165, 1.54) is 11.3 Å². The smallest absolute Gasteiger partial charge is 0.258 e. The molecule has 0 bridgehead atoms. The summed E-state index contributed by atoms with van der Waals surface area (Å²) in [7, 11) is 0. The van der Waals surface area contributed by atoms with Crippen molar-refractivity contribution < 1.29 is 4.79 Å². The summed E-state index contributed by atoms with van der Waals surface area (Å²) >= 11 is 8.57. The first kappa shape index (κ1) is 13.4. The third-order valence-corrected chi connectivity index (χ3v) is 3.83. The molecule has 0 unspecified atom stereocenters. The van der Waals surface area contributed by atoms with E-state index in [-0.39, 0.29) is 11.0 Å². The third kappa shape index (κ3) is 3.47. The minimum atomic E-state index is -0.228. The van der Waals surface area contributed by atoms with Gasteiger partial charge in [0.15, 0.2) is 10.2 Å². The fourth-order valence-corrected chi connectivity index (χ4v) is 2.65. The monoisotopic (exact) mass is 389 g/mol. The molecule has 2 rings (SSSR count). The van der Waals surface area contributed by atoms with Gasteiger partial charge in [0.1, 0.15) is 0 Å². The van der Waals surface area contributed by atoms with Gasteiger partial charge >= 0.3 is 0 Å². The summed E-state index contributed by atoms with van der Waals surface area (Å²) in [6.45, 7) is 0. The Balaban J connectivity index is 2.00. The molecule has 1 amide bonds. The molecule has 7 heteroatoms. The van der Waals surface area contributed by atoms with E-state index in [0.717, 1.165) is 3.57 Å². The zero-order valence-electron chi connectivity index (χ0n) is 9.01. The summed E-state index contributed by atoms with van der Waals surface area (Å²) in [6.07, 6.45) is 1.66. The van der Waals surface area contributed by atoms with E-state index in [1.807, 2.05) is 23.6 Å². The van der Waals surface area contributed by atoms with Crippen LogP contribution >= 0.6 is 46.1 Å². The number of hydrogen-bond donors (Lipinski definition) is 2. The lowest BCUT2D eigenvalue weighted by molar-refractivity contribution is 0.0977. The van der Waals surface area contributed by atoms with Crippen LogP contribution in [0.4, 0.5) is 5.13 Å². The molecule has 0 atom stereocenters. The Morgan fingerprint density at radius 2 is 2.17 bits per heavy atom. The first-order valence-electron chi connectivity index (χ1n) is 4.93. The van der Waals surface area contributed by atoms with Crippen LogP contribution in [0.5, 0.6) is 0 Å². The van der Waals surface area contributed by atoms with Crippen molar-refractivity contribution in [3.8, 4) is 0 Å². The van der Waals surface area contributed by atoms with Crippen molar-refractivity contribution in [2.24, 2.45) is 0 Å². The zero-order valence-corrected chi connectivity index (χ0v) is 12.8. The Morgan fingerprint density at radius 1 is 1.39 bits per heavy atom. The molecule has 1 aromatic carbocycles. The van der Waals surface area contributed by atoms with E-state index < -0.39 is 0 Å². The van der Waals surface area contributed by atoms with Crippen molar-refractivity contribution in [1.29, 1.82) is 0 Å². The van der Waals surface area contributed by atoms with Crippen molar-refractivity contribution in [2.75, 3.05) is 5.32 Å². The van der Waals surface area contributed by atoms with Crippen molar-refractivity contribution in [2.45, 2.75) is 0 Å². The Bertz CT molecular complexity index is 571. The molecular weight excluding hydrogens is 381 g/mol. The number of thiocarbonyl (C=S) groups is 1. The number of hydrogen-bond acceptors (Lipinski definition) is 4. The largest absolute Gasteiger partial charge is 0.308 e. The zero-order chi connectivity index (χ0) is 13.0. The number of nitrogens with one attached hydrogen (secondary N) is 2. The maximum Gasteiger partial charge on any atom is 0.258 e. The van der Waals surface area contributed by atoms with Crippen molar-refractivity contribution in [3.63, 3.8) is 0 Å². The summed E-state index contributed by atoms with van der Waals surface area (Å²) in [5.74, 6) is -0.228. The first-order chi connectivity index (χ1) is 8.66. The highest BCUT2D eigenvalue weighted by atomic mass is 127. The van der Waals surface area contributed by atoms with E-state index in [0.29, 0.717) is 10.7 Å². The molecule has 2 aromatic rings. The molecular formula is C11H8IN3OS2. The van der Waals surface area contributed by atoms with Gasteiger partial charge in [0, 0.05) is 15.1 Å². The van der Waals surface area contributed by atoms with E-state index in [4.69, 9.17) is 12.2 Å². The number of thiazole rings is 1. The number of carbonyl (C=O) groups is 1. The number of rotatable bonds is 2. The van der Waals surface area contributed by atoms with Crippen LogP contribution in [-0.4, -0.2) is 16.0 Å². The van der Waals surface area contributed by atoms with Gasteiger partial charge in [-0.2, -0.15) is 0 Å². The lowest BCUT2D eigenvalue weighted by atomic mass is 10.2. The second-order valence-corrected chi connectivity index (χ2v) is 5.69. The summed E-state index contributed by atoms with van der Waals surface area (Å²) in [5, 5.41) is 8.19. The normalized spacial score (nSPS) is 9.83. The maximum absolute atomic E-state index is 11.9. The number of nitrogens with zero attached hydrogens (tertiary/aromatic N) is 1. The number of aromatic nitrogens is 1. The van der Waals surface area contributed by atoms with Crippen LogP contribution in [-0.2, 0) is 0 Å². The minimum absolute atomic E-state index is 0.228. The molecule has 0 saturated heterocycles. The van der Waals surface area contributed by atoms with Crippen molar-refractivity contribution >= 4 is 62.3 Å². The van der Waals surface area contributed by atoms with Crippen LogP contribution in [0.1, 0.15) is 10.4 Å². The van der Waals surface area contributed by atoms with Gasteiger partial charge in [-0.05, 0) is 46.9 Å². The van der Waals surface area contributed by atoms with Gasteiger partial charge in [-0.25, -0.2) is 4.98 Å². The molecule has 1 heterocycles. The van der Waals surface area contributed by atoms with Gasteiger partial charge in [0.25, 0.3) is 5.91 Å². The predicted molar refractivity (Wildman–Crippen MR) is 85.0 cm³/mol. The minimum Gasteiger partial charge on any atom is -0.308 e. The third-order valence-electron chi connectivity index (χ3n) is 2.00. The Kier molecular flexibility index (Phi) is 4.61. The molecule has 0 aliphatic heterocycles. The number of benzene rings is 1. The molecule has 0 radical (unpaired) electrons. The molecule has 18 heavy (non-hydrogen) atoms. The van der Waals surface area contributed by atoms with Crippen LogP contribution in [0.2, 0.25) is 0 Å². The molecule has 0 aliphatic carbocycles. The number of halogens is 1. The Morgan fingerprint density at radius 3 is 2.83 bits per heavy atom. The van der Waals surface area contributed by atoms with Crippen molar-refractivity contribution in [3.05, 3.63) is 45.0 Å². The van der Waals surface area contributed by atoms with Gasteiger partial charge < -0.3 is 5.32 Å². The van der Waals surface area contributed by atoms with Gasteiger partial charge in [-0.15, -0.1) is 11.3 Å². The molecule has 2 N–H and O–H groups in total. The highest BCUT2D eigenvalue weighted by Gasteiger charge is 2.11. The summed E-state index contributed by atoms with van der Waals surface area (Å²) < 4.78 is 0.879. The number of anilines is 1. The van der Waals surface area contributed by atoms with Crippen LogP contribution in [0.3, 0.4) is 0 Å². The fraction of sp³-hybridized carbons (Fsp3) is 0. The van der Waals surface area contributed by atoms with Gasteiger partial charge in [0.05, 0.1) is 5.56 Å². The quantitative estimate of drug-likeness (QED) is 0.613. The average Bonchev–Trinajstić information content (AvgIpc) is 2.82. The van der Waals surface area contributed by atoms with E-state index in [9.17, 15) is 4.79 Å². The summed E-state index contributed by atoms with van der Waals surface area (Å²) in [4.78, 5) is 16.0. The van der Waals surface area contributed by atoms with E-state index >= 15 is 0 Å². The molecule has 0 saturated carbocycles. The molecule has 92 valence electrons. The van der Waals surface area contributed by atoms with Crippen LogP contribution < -0.4 is 10.6 Å². The maximum atomic E-state index is 11.9. The van der Waals surface area contributed by atoms with E-state index in [1.54, 1.807) is 12.3 Å². The Labute approximate surface area is 127 Å². The molecule has 0 aliphatic rings. The van der Waals surface area contributed by atoms with Gasteiger partial charge in [-0.1, -0.05) is 12.1 Å². The lowest BCUT2D eigenvalue weighted by Gasteiger charge is -2.08. The van der Waals surface area contributed by atoms with E-state index in [2.05, 4.69) is 38.2 Å². The second kappa shape index (κ2) is 6.21. The first-order valence-corrected chi connectivity index (χ1v) is 7.30.